The lowest BCUT2D eigenvalue weighted by molar-refractivity contribution is -0.122. The Bertz CT molecular complexity index is 776. The molecule has 2 aromatic rings. The van der Waals surface area contributed by atoms with E-state index in [1.54, 1.807) is 12.1 Å². The maximum absolute atomic E-state index is 12.3. The van der Waals surface area contributed by atoms with Crippen LogP contribution in [0.3, 0.4) is 0 Å². The van der Waals surface area contributed by atoms with Crippen molar-refractivity contribution in [2.75, 3.05) is 18.5 Å². The molecule has 0 fully saturated rings. The second-order valence-electron chi connectivity index (χ2n) is 7.62. The summed E-state index contributed by atoms with van der Waals surface area (Å²) >= 11 is 0. The third kappa shape index (κ3) is 9.56. The van der Waals surface area contributed by atoms with Crippen LogP contribution in [0.15, 0.2) is 54.6 Å². The molecule has 162 valence electrons. The first-order valence-electron chi connectivity index (χ1n) is 10.4. The lowest BCUT2D eigenvalue weighted by Crippen LogP contribution is -2.28. The van der Waals surface area contributed by atoms with Gasteiger partial charge in [0.25, 0.3) is 0 Å². The Balaban J connectivity index is 1.67. The van der Waals surface area contributed by atoms with Crippen LogP contribution in [0, 0.1) is 5.92 Å². The van der Waals surface area contributed by atoms with Crippen molar-refractivity contribution in [3.63, 3.8) is 0 Å². The van der Waals surface area contributed by atoms with Gasteiger partial charge in [0.15, 0.2) is 0 Å². The molecule has 0 saturated carbocycles. The van der Waals surface area contributed by atoms with E-state index in [9.17, 15) is 9.59 Å². The predicted molar refractivity (Wildman–Crippen MR) is 119 cm³/mol. The zero-order valence-corrected chi connectivity index (χ0v) is 18.0. The van der Waals surface area contributed by atoms with E-state index in [0.717, 1.165) is 12.2 Å². The number of hydrogen-bond acceptors (Lipinski definition) is 4. The summed E-state index contributed by atoms with van der Waals surface area (Å²) in [7, 11) is 0. The van der Waals surface area contributed by atoms with Gasteiger partial charge in [0.1, 0.15) is 11.5 Å². The molecule has 30 heavy (non-hydrogen) atoms. The van der Waals surface area contributed by atoms with Gasteiger partial charge in [-0.05, 0) is 62.6 Å². The fourth-order valence-electron chi connectivity index (χ4n) is 2.84. The molecule has 0 aromatic heterocycles. The first-order chi connectivity index (χ1) is 14.4. The van der Waals surface area contributed by atoms with E-state index < -0.39 is 0 Å². The zero-order valence-electron chi connectivity index (χ0n) is 18.0. The SMILES string of the molecule is CC(C)OCCCNC(=O)C[C@@H](C)CC(=O)Nc1ccc(Oc2ccccc2)cc1. The van der Waals surface area contributed by atoms with E-state index in [2.05, 4.69) is 10.6 Å². The molecule has 1 atom stereocenters. The Morgan fingerprint density at radius 2 is 1.50 bits per heavy atom. The number of carbonyl (C=O) groups excluding carboxylic acids is 2. The maximum atomic E-state index is 12.3. The van der Waals surface area contributed by atoms with E-state index in [1.165, 1.54) is 0 Å². The third-order valence-electron chi connectivity index (χ3n) is 4.28. The summed E-state index contributed by atoms with van der Waals surface area (Å²) in [5.74, 6) is 1.26. The fourth-order valence-corrected chi connectivity index (χ4v) is 2.84. The summed E-state index contributed by atoms with van der Waals surface area (Å²) < 4.78 is 11.2. The van der Waals surface area contributed by atoms with Gasteiger partial charge in [-0.1, -0.05) is 25.1 Å². The summed E-state index contributed by atoms with van der Waals surface area (Å²) in [6.45, 7) is 7.08. The third-order valence-corrected chi connectivity index (χ3v) is 4.28. The van der Waals surface area contributed by atoms with E-state index in [0.29, 0.717) is 31.0 Å². The zero-order chi connectivity index (χ0) is 21.8. The highest BCUT2D eigenvalue weighted by atomic mass is 16.5. The largest absolute Gasteiger partial charge is 0.457 e. The average molecular weight is 413 g/mol. The second kappa shape index (κ2) is 12.6. The molecule has 6 heteroatoms. The molecule has 0 spiro atoms. The van der Waals surface area contributed by atoms with Crippen molar-refractivity contribution in [2.24, 2.45) is 5.92 Å². The normalized spacial score (nSPS) is 11.7. The number of anilines is 1. The van der Waals surface area contributed by atoms with Crippen molar-refractivity contribution in [1.82, 2.24) is 5.32 Å². The number of rotatable bonds is 12. The van der Waals surface area contributed by atoms with Gasteiger partial charge in [-0.2, -0.15) is 0 Å². The van der Waals surface area contributed by atoms with Crippen molar-refractivity contribution in [3.05, 3.63) is 54.6 Å². The lowest BCUT2D eigenvalue weighted by Gasteiger charge is -2.13. The van der Waals surface area contributed by atoms with Gasteiger partial charge in [0, 0.05) is 31.7 Å². The van der Waals surface area contributed by atoms with Gasteiger partial charge in [0.2, 0.25) is 11.8 Å². The van der Waals surface area contributed by atoms with E-state index in [-0.39, 0.29) is 30.3 Å². The lowest BCUT2D eigenvalue weighted by atomic mass is 10.0. The number of hydrogen-bond donors (Lipinski definition) is 2. The smallest absolute Gasteiger partial charge is 0.224 e. The second-order valence-corrected chi connectivity index (χ2v) is 7.62. The minimum absolute atomic E-state index is 0.0396. The molecular weight excluding hydrogens is 380 g/mol. The Labute approximate surface area is 179 Å². The van der Waals surface area contributed by atoms with Gasteiger partial charge in [-0.15, -0.1) is 0 Å². The van der Waals surface area contributed by atoms with Crippen molar-refractivity contribution in [3.8, 4) is 11.5 Å². The van der Waals surface area contributed by atoms with Crippen LogP contribution in [0.25, 0.3) is 0 Å². The van der Waals surface area contributed by atoms with Crippen LogP contribution in [0.5, 0.6) is 11.5 Å². The molecule has 0 aliphatic rings. The minimum atomic E-state index is -0.114. The molecule has 2 rings (SSSR count). The van der Waals surface area contributed by atoms with Gasteiger partial charge in [0.05, 0.1) is 6.10 Å². The Morgan fingerprint density at radius 1 is 0.867 bits per heavy atom. The van der Waals surface area contributed by atoms with E-state index >= 15 is 0 Å². The highest BCUT2D eigenvalue weighted by molar-refractivity contribution is 5.91. The van der Waals surface area contributed by atoms with Crippen LogP contribution in [0.4, 0.5) is 5.69 Å². The summed E-state index contributed by atoms with van der Waals surface area (Å²) in [6.07, 6.45) is 1.59. The molecule has 2 N–H and O–H groups in total. The predicted octanol–water partition coefficient (Wildman–Crippen LogP) is 4.77. The van der Waals surface area contributed by atoms with Gasteiger partial charge in [-0.25, -0.2) is 0 Å². The number of nitrogens with one attached hydrogen (secondary N) is 2. The first-order valence-corrected chi connectivity index (χ1v) is 10.4. The first kappa shape index (κ1) is 23.4. The van der Waals surface area contributed by atoms with Crippen LogP contribution < -0.4 is 15.4 Å². The van der Waals surface area contributed by atoms with Crippen molar-refractivity contribution in [1.29, 1.82) is 0 Å². The molecule has 0 saturated heterocycles. The van der Waals surface area contributed by atoms with Gasteiger partial charge >= 0.3 is 0 Å². The summed E-state index contributed by atoms with van der Waals surface area (Å²) in [6, 6.07) is 16.7. The maximum Gasteiger partial charge on any atom is 0.224 e. The van der Waals surface area contributed by atoms with Crippen LogP contribution in [0.2, 0.25) is 0 Å². The highest BCUT2D eigenvalue weighted by Crippen LogP contribution is 2.22. The van der Waals surface area contributed by atoms with Crippen LogP contribution >= 0.6 is 0 Å². The van der Waals surface area contributed by atoms with E-state index in [1.807, 2.05) is 63.2 Å². The molecule has 0 bridgehead atoms. The summed E-state index contributed by atoms with van der Waals surface area (Å²) in [5.41, 5.74) is 0.696. The fraction of sp³-hybridized carbons (Fsp3) is 0.417. The molecule has 2 aromatic carbocycles. The summed E-state index contributed by atoms with van der Waals surface area (Å²) in [4.78, 5) is 24.2. The standard InChI is InChI=1S/C24H32N2O4/c1-18(2)29-15-7-14-25-23(27)16-19(3)17-24(28)26-20-10-12-22(13-11-20)30-21-8-5-4-6-9-21/h4-6,8-13,18-19H,7,14-17H2,1-3H3,(H,25,27)(H,26,28)/t19-/m1/s1. The molecule has 0 aliphatic carbocycles. The van der Waals surface area contributed by atoms with Crippen LogP contribution in [-0.4, -0.2) is 31.1 Å². The van der Waals surface area contributed by atoms with E-state index in [4.69, 9.17) is 9.47 Å². The Morgan fingerprint density at radius 3 is 2.17 bits per heavy atom. The number of para-hydroxylation sites is 1. The van der Waals surface area contributed by atoms with Crippen molar-refractivity contribution in [2.45, 2.75) is 46.1 Å². The molecule has 0 aliphatic heterocycles. The molecular formula is C24H32N2O4. The Hall–Kier alpha value is -2.86. The molecule has 2 amide bonds. The number of amides is 2. The molecule has 6 nitrogen and oxygen atoms in total. The monoisotopic (exact) mass is 412 g/mol. The number of benzene rings is 2. The topological polar surface area (TPSA) is 76.7 Å². The van der Waals surface area contributed by atoms with Crippen molar-refractivity contribution < 1.29 is 19.1 Å². The van der Waals surface area contributed by atoms with Crippen LogP contribution in [0.1, 0.15) is 40.0 Å². The number of ether oxygens (including phenoxy) is 2. The van der Waals surface area contributed by atoms with Crippen LogP contribution in [-0.2, 0) is 14.3 Å². The minimum Gasteiger partial charge on any atom is -0.457 e. The van der Waals surface area contributed by atoms with Gasteiger partial charge in [-0.3, -0.25) is 9.59 Å². The summed E-state index contributed by atoms with van der Waals surface area (Å²) in [5, 5.41) is 5.74. The van der Waals surface area contributed by atoms with Gasteiger partial charge < -0.3 is 20.1 Å². The van der Waals surface area contributed by atoms with Crippen molar-refractivity contribution >= 4 is 17.5 Å². The average Bonchev–Trinajstić information content (AvgIpc) is 2.69. The molecule has 0 radical (unpaired) electrons. The molecule has 0 unspecified atom stereocenters. The molecule has 0 heterocycles. The quantitative estimate of drug-likeness (QED) is 0.493. The Kier molecular flexibility index (Phi) is 9.87. The highest BCUT2D eigenvalue weighted by Gasteiger charge is 2.13. The number of carbonyl (C=O) groups is 2.